The van der Waals surface area contributed by atoms with Crippen molar-refractivity contribution in [2.75, 3.05) is 0 Å². The van der Waals surface area contributed by atoms with Crippen molar-refractivity contribution >= 4 is 11.8 Å². The zero-order valence-electron chi connectivity index (χ0n) is 7.46. The number of esters is 1. The molecule has 1 saturated carbocycles. The maximum Gasteiger partial charge on any atom is 0.310 e. The number of ether oxygens (including phenoxy) is 1. The summed E-state index contributed by atoms with van der Waals surface area (Å²) in [5, 5.41) is 0. The minimum atomic E-state index is -0.461. The molecule has 2 rings (SSSR count). The molecular formula is C9H12O3. The van der Waals surface area contributed by atoms with Gasteiger partial charge in [-0.05, 0) is 12.3 Å². The predicted molar refractivity (Wildman–Crippen MR) is 41.3 cm³/mol. The van der Waals surface area contributed by atoms with Gasteiger partial charge in [0.25, 0.3) is 0 Å². The van der Waals surface area contributed by atoms with E-state index >= 15 is 0 Å². The highest BCUT2D eigenvalue weighted by atomic mass is 16.6. The van der Waals surface area contributed by atoms with E-state index in [4.69, 9.17) is 4.74 Å². The number of cyclic esters (lactones) is 1. The average molecular weight is 168 g/mol. The number of ketones is 1. The molecule has 0 N–H and O–H groups in total. The Morgan fingerprint density at radius 1 is 1.50 bits per heavy atom. The molecule has 0 spiro atoms. The van der Waals surface area contributed by atoms with E-state index < -0.39 is 6.10 Å². The van der Waals surface area contributed by atoms with E-state index in [0.29, 0.717) is 0 Å². The van der Waals surface area contributed by atoms with Crippen LogP contribution in [0.1, 0.15) is 20.8 Å². The molecule has 0 aromatic rings. The molecule has 0 unspecified atom stereocenters. The van der Waals surface area contributed by atoms with E-state index in [9.17, 15) is 9.59 Å². The Bertz CT molecular complexity index is 267. The highest BCUT2D eigenvalue weighted by Gasteiger charge is 2.72. The smallest absolute Gasteiger partial charge is 0.310 e. The van der Waals surface area contributed by atoms with Gasteiger partial charge < -0.3 is 4.74 Å². The van der Waals surface area contributed by atoms with Gasteiger partial charge in [0.05, 0.1) is 5.92 Å². The fourth-order valence-electron chi connectivity index (χ4n) is 2.30. The summed E-state index contributed by atoms with van der Waals surface area (Å²) in [6, 6.07) is 0. The van der Waals surface area contributed by atoms with E-state index in [0.717, 1.165) is 0 Å². The Balaban J connectivity index is 2.25. The van der Waals surface area contributed by atoms with Crippen LogP contribution in [0.4, 0.5) is 0 Å². The van der Waals surface area contributed by atoms with E-state index in [1.54, 1.807) is 0 Å². The Labute approximate surface area is 71.1 Å². The SMILES string of the molecule is CC(=O)[C@@H]1OC(=O)[C@@H]2[C@H]1C2(C)C. The summed E-state index contributed by atoms with van der Waals surface area (Å²) in [6.45, 7) is 5.51. The maximum absolute atomic E-state index is 11.2. The number of fused-ring (bicyclic) bond motifs is 1. The zero-order chi connectivity index (χ0) is 9.09. The Kier molecular flexibility index (Phi) is 1.23. The lowest BCUT2D eigenvalue weighted by molar-refractivity contribution is -0.152. The van der Waals surface area contributed by atoms with Crippen molar-refractivity contribution in [3.05, 3.63) is 0 Å². The van der Waals surface area contributed by atoms with Crippen LogP contribution in [0.15, 0.2) is 0 Å². The molecule has 3 atom stereocenters. The lowest BCUT2D eigenvalue weighted by atomic mass is 10.0. The molecule has 0 amide bonds. The maximum atomic E-state index is 11.2. The molecule has 66 valence electrons. The van der Waals surface area contributed by atoms with Crippen LogP contribution in [-0.2, 0) is 14.3 Å². The van der Waals surface area contributed by atoms with Gasteiger partial charge in [0, 0.05) is 5.92 Å². The summed E-state index contributed by atoms with van der Waals surface area (Å²) >= 11 is 0. The van der Waals surface area contributed by atoms with Crippen LogP contribution >= 0.6 is 0 Å². The number of Topliss-reactive ketones (excluding diaryl/α,β-unsaturated/α-hetero) is 1. The second-order valence-electron chi connectivity index (χ2n) is 4.29. The quantitative estimate of drug-likeness (QED) is 0.543. The third-order valence-corrected chi connectivity index (χ3v) is 3.13. The van der Waals surface area contributed by atoms with Gasteiger partial charge in [0.1, 0.15) is 0 Å². The molecular weight excluding hydrogens is 156 g/mol. The number of carbonyl (C=O) groups excluding carboxylic acids is 2. The van der Waals surface area contributed by atoms with Gasteiger partial charge in [-0.15, -0.1) is 0 Å². The number of rotatable bonds is 1. The van der Waals surface area contributed by atoms with Gasteiger partial charge in [0.2, 0.25) is 0 Å². The summed E-state index contributed by atoms with van der Waals surface area (Å²) < 4.78 is 4.93. The van der Waals surface area contributed by atoms with Crippen LogP contribution in [0.5, 0.6) is 0 Å². The van der Waals surface area contributed by atoms with Crippen molar-refractivity contribution in [1.29, 1.82) is 0 Å². The summed E-state index contributed by atoms with van der Waals surface area (Å²) in [6.07, 6.45) is -0.461. The zero-order valence-corrected chi connectivity index (χ0v) is 7.46. The summed E-state index contributed by atoms with van der Waals surface area (Å²) in [5.41, 5.74) is -0.00826. The van der Waals surface area contributed by atoms with Gasteiger partial charge in [-0.1, -0.05) is 13.8 Å². The number of hydrogen-bond acceptors (Lipinski definition) is 3. The molecule has 12 heavy (non-hydrogen) atoms. The highest BCUT2D eigenvalue weighted by molar-refractivity contribution is 5.91. The molecule has 3 heteroatoms. The van der Waals surface area contributed by atoms with Crippen LogP contribution in [0.3, 0.4) is 0 Å². The molecule has 1 saturated heterocycles. The van der Waals surface area contributed by atoms with Crippen molar-refractivity contribution in [3.63, 3.8) is 0 Å². The topological polar surface area (TPSA) is 43.4 Å². The molecule has 2 aliphatic rings. The van der Waals surface area contributed by atoms with Crippen molar-refractivity contribution in [1.82, 2.24) is 0 Å². The average Bonchev–Trinajstić information content (AvgIpc) is 2.37. The lowest BCUT2D eigenvalue weighted by Crippen LogP contribution is -2.26. The third-order valence-electron chi connectivity index (χ3n) is 3.13. The van der Waals surface area contributed by atoms with Crippen LogP contribution in [0, 0.1) is 17.3 Å². The van der Waals surface area contributed by atoms with Gasteiger partial charge in [-0.25, -0.2) is 0 Å². The van der Waals surface area contributed by atoms with Crippen LogP contribution in [0.25, 0.3) is 0 Å². The largest absolute Gasteiger partial charge is 0.454 e. The third kappa shape index (κ3) is 0.713. The first-order valence-electron chi connectivity index (χ1n) is 4.17. The standard InChI is InChI=1S/C9H12O3/c1-4(10)7-5-6(8(11)12-7)9(5,2)3/h5-7H,1-3H3/t5-,6+,7+/m1/s1. The molecule has 3 nitrogen and oxygen atoms in total. The first kappa shape index (κ1) is 7.77. The van der Waals surface area contributed by atoms with Crippen LogP contribution in [-0.4, -0.2) is 17.9 Å². The van der Waals surface area contributed by atoms with Crippen molar-refractivity contribution in [3.8, 4) is 0 Å². The minimum Gasteiger partial charge on any atom is -0.454 e. The normalized spacial score (nSPS) is 41.9. The van der Waals surface area contributed by atoms with Gasteiger partial charge in [-0.3, -0.25) is 9.59 Å². The predicted octanol–water partition coefficient (Wildman–Crippen LogP) is 0.773. The first-order chi connectivity index (χ1) is 5.46. The van der Waals surface area contributed by atoms with Gasteiger partial charge >= 0.3 is 5.97 Å². The fourth-order valence-corrected chi connectivity index (χ4v) is 2.30. The van der Waals surface area contributed by atoms with E-state index in [-0.39, 0.29) is 29.0 Å². The molecule has 0 aromatic carbocycles. The second-order valence-corrected chi connectivity index (χ2v) is 4.29. The van der Waals surface area contributed by atoms with Crippen LogP contribution < -0.4 is 0 Å². The monoisotopic (exact) mass is 168 g/mol. The van der Waals surface area contributed by atoms with Crippen molar-refractivity contribution in [2.24, 2.45) is 17.3 Å². The van der Waals surface area contributed by atoms with E-state index in [1.165, 1.54) is 6.92 Å². The molecule has 1 aliphatic carbocycles. The lowest BCUT2D eigenvalue weighted by Gasteiger charge is -2.14. The molecule has 0 aromatic heterocycles. The van der Waals surface area contributed by atoms with E-state index in [2.05, 4.69) is 0 Å². The van der Waals surface area contributed by atoms with Gasteiger partial charge in [-0.2, -0.15) is 0 Å². The van der Waals surface area contributed by atoms with E-state index in [1.807, 2.05) is 13.8 Å². The minimum absolute atomic E-state index is 0.00826. The molecule has 1 aliphatic heterocycles. The first-order valence-corrected chi connectivity index (χ1v) is 4.17. The Morgan fingerprint density at radius 2 is 2.08 bits per heavy atom. The summed E-state index contributed by atoms with van der Waals surface area (Å²) in [7, 11) is 0. The number of carbonyl (C=O) groups is 2. The van der Waals surface area contributed by atoms with Crippen LogP contribution in [0.2, 0.25) is 0 Å². The van der Waals surface area contributed by atoms with Crippen molar-refractivity contribution in [2.45, 2.75) is 26.9 Å². The van der Waals surface area contributed by atoms with Crippen molar-refractivity contribution < 1.29 is 14.3 Å². The Hall–Kier alpha value is -0.860. The Morgan fingerprint density at radius 3 is 2.33 bits per heavy atom. The summed E-state index contributed by atoms with van der Waals surface area (Å²) in [5.74, 6) is -0.0967. The van der Waals surface area contributed by atoms with Gasteiger partial charge in [0.15, 0.2) is 11.9 Å². The number of hydrogen-bond donors (Lipinski definition) is 0. The molecule has 2 fully saturated rings. The molecule has 1 heterocycles. The highest BCUT2D eigenvalue weighted by Crippen LogP contribution is 2.64. The second kappa shape index (κ2) is 1.90. The summed E-state index contributed by atoms with van der Waals surface area (Å²) in [4.78, 5) is 22.2. The molecule has 0 radical (unpaired) electrons. The fraction of sp³-hybridized carbons (Fsp3) is 0.778. The molecule has 0 bridgehead atoms.